The lowest BCUT2D eigenvalue weighted by atomic mass is 9.99. The molecular formula is C24H16ClFN2O4S. The Hall–Kier alpha value is -3.62. The Balaban J connectivity index is 1.86. The molecule has 0 bridgehead atoms. The van der Waals surface area contributed by atoms with Gasteiger partial charge < -0.3 is 14.6 Å². The van der Waals surface area contributed by atoms with Gasteiger partial charge in [-0.05, 0) is 44.2 Å². The quantitative estimate of drug-likeness (QED) is 0.289. The van der Waals surface area contributed by atoms with Crippen LogP contribution in [0.1, 0.15) is 27.4 Å². The largest absolute Gasteiger partial charge is 0.503 e. The third-order valence-corrected chi connectivity index (χ3v) is 6.62. The predicted molar refractivity (Wildman–Crippen MR) is 124 cm³/mol. The van der Waals surface area contributed by atoms with E-state index in [1.165, 1.54) is 40.2 Å². The molecule has 0 amide bonds. The monoisotopic (exact) mass is 482 g/mol. The molecule has 0 radical (unpaired) electrons. The molecule has 0 saturated heterocycles. The lowest BCUT2D eigenvalue weighted by Crippen LogP contribution is -2.06. The third-order valence-electron chi connectivity index (χ3n) is 5.31. The van der Waals surface area contributed by atoms with Crippen LogP contribution in [0.5, 0.6) is 11.6 Å². The molecule has 5 aromatic rings. The van der Waals surface area contributed by atoms with E-state index < -0.39 is 23.2 Å². The SMILES string of the molecule is Cc1cc(C(=O)c2c(O)c(O)n(-c3nc4c(Cl)cccc4s3)c2-c2ccccc2F)c(C)o1. The lowest BCUT2D eigenvalue weighted by Gasteiger charge is -2.10. The number of ketones is 1. The van der Waals surface area contributed by atoms with Crippen LogP contribution < -0.4 is 0 Å². The molecule has 33 heavy (non-hydrogen) atoms. The van der Waals surface area contributed by atoms with Crippen LogP contribution in [0.15, 0.2) is 52.9 Å². The summed E-state index contributed by atoms with van der Waals surface area (Å²) in [4.78, 5) is 18.0. The van der Waals surface area contributed by atoms with E-state index in [4.69, 9.17) is 16.0 Å². The highest BCUT2D eigenvalue weighted by molar-refractivity contribution is 7.21. The van der Waals surface area contributed by atoms with Crippen molar-refractivity contribution in [2.75, 3.05) is 0 Å². The van der Waals surface area contributed by atoms with Crippen LogP contribution in [0.2, 0.25) is 5.02 Å². The number of nitrogens with zero attached hydrogens (tertiary/aromatic N) is 2. The predicted octanol–water partition coefficient (Wildman–Crippen LogP) is 6.40. The molecule has 0 aliphatic rings. The highest BCUT2D eigenvalue weighted by Crippen LogP contribution is 2.46. The summed E-state index contributed by atoms with van der Waals surface area (Å²) in [6.45, 7) is 3.31. The number of rotatable bonds is 4. The maximum Gasteiger partial charge on any atom is 0.242 e. The molecular weight excluding hydrogens is 467 g/mol. The Bertz CT molecular complexity index is 1570. The van der Waals surface area contributed by atoms with E-state index in [0.29, 0.717) is 22.1 Å². The zero-order chi connectivity index (χ0) is 23.4. The van der Waals surface area contributed by atoms with Gasteiger partial charge in [0.2, 0.25) is 11.7 Å². The Morgan fingerprint density at radius 2 is 1.91 bits per heavy atom. The standard InChI is InChI=1S/C24H16ClFN2O4S/c1-11-10-14(12(2)32-11)21(29)18-20(13-6-3-4-8-16(13)26)28(23(31)22(18)30)24-27-19-15(25)7-5-9-17(19)33-24/h3-10,30-31H,1-2H3. The van der Waals surface area contributed by atoms with Crippen LogP contribution >= 0.6 is 22.9 Å². The summed E-state index contributed by atoms with van der Waals surface area (Å²) in [6.07, 6.45) is 0. The molecule has 0 aliphatic carbocycles. The summed E-state index contributed by atoms with van der Waals surface area (Å²) in [5, 5.41) is 22.4. The van der Waals surface area contributed by atoms with Crippen LogP contribution in [0.4, 0.5) is 4.39 Å². The van der Waals surface area contributed by atoms with E-state index in [1.807, 2.05) is 0 Å². The van der Waals surface area contributed by atoms with Gasteiger partial charge >= 0.3 is 0 Å². The Morgan fingerprint density at radius 1 is 1.15 bits per heavy atom. The van der Waals surface area contributed by atoms with E-state index in [1.54, 1.807) is 38.1 Å². The van der Waals surface area contributed by atoms with Crippen LogP contribution in [-0.4, -0.2) is 25.5 Å². The number of halogens is 2. The molecule has 0 saturated carbocycles. The number of carbonyl (C=O) groups is 1. The molecule has 9 heteroatoms. The minimum atomic E-state index is -0.679. The second-order valence-corrected chi connectivity index (χ2v) is 8.87. The van der Waals surface area contributed by atoms with Gasteiger partial charge in [0.15, 0.2) is 10.9 Å². The summed E-state index contributed by atoms with van der Waals surface area (Å²) >= 11 is 7.44. The van der Waals surface area contributed by atoms with Gasteiger partial charge in [0.05, 0.1) is 26.5 Å². The first kappa shape index (κ1) is 21.2. The van der Waals surface area contributed by atoms with Gasteiger partial charge in [-0.15, -0.1) is 0 Å². The van der Waals surface area contributed by atoms with Gasteiger partial charge in [-0.1, -0.05) is 41.1 Å². The molecule has 0 unspecified atom stereocenters. The third kappa shape index (κ3) is 3.30. The molecule has 3 aromatic heterocycles. The van der Waals surface area contributed by atoms with E-state index in [-0.39, 0.29) is 27.5 Å². The van der Waals surface area contributed by atoms with Gasteiger partial charge in [0.1, 0.15) is 22.9 Å². The Morgan fingerprint density at radius 3 is 2.58 bits per heavy atom. The summed E-state index contributed by atoms with van der Waals surface area (Å²) in [6, 6.07) is 12.6. The molecule has 0 aliphatic heterocycles. The minimum absolute atomic E-state index is 0.0136. The van der Waals surface area contributed by atoms with Gasteiger partial charge in [-0.2, -0.15) is 0 Å². The molecule has 0 spiro atoms. The highest BCUT2D eigenvalue weighted by Gasteiger charge is 2.33. The summed E-state index contributed by atoms with van der Waals surface area (Å²) in [5.74, 6) is -1.72. The molecule has 0 atom stereocenters. The van der Waals surface area contributed by atoms with E-state index >= 15 is 0 Å². The van der Waals surface area contributed by atoms with E-state index in [0.717, 1.165) is 4.70 Å². The fourth-order valence-corrected chi connectivity index (χ4v) is 5.12. The first-order valence-corrected chi connectivity index (χ1v) is 11.1. The van der Waals surface area contributed by atoms with Crippen LogP contribution in [-0.2, 0) is 0 Å². The van der Waals surface area contributed by atoms with Crippen molar-refractivity contribution >= 4 is 38.9 Å². The fourth-order valence-electron chi connectivity index (χ4n) is 3.85. The molecule has 3 heterocycles. The number of thiazole rings is 1. The van der Waals surface area contributed by atoms with E-state index in [2.05, 4.69) is 4.98 Å². The molecule has 2 N–H and O–H groups in total. The molecule has 0 fully saturated rings. The number of aryl methyl sites for hydroxylation is 2. The number of hydrogen-bond acceptors (Lipinski definition) is 6. The second kappa shape index (κ2) is 7.75. The van der Waals surface area contributed by atoms with Crippen LogP contribution in [0.25, 0.3) is 26.6 Å². The average Bonchev–Trinajstić information content (AvgIpc) is 3.43. The van der Waals surface area contributed by atoms with Crippen LogP contribution in [0.3, 0.4) is 0 Å². The number of aromatic nitrogens is 2. The number of aromatic hydroxyl groups is 2. The molecule has 2 aromatic carbocycles. The number of fused-ring (bicyclic) bond motifs is 1. The number of para-hydroxylation sites is 1. The van der Waals surface area contributed by atoms with Crippen LogP contribution in [0, 0.1) is 19.7 Å². The number of benzene rings is 2. The van der Waals surface area contributed by atoms with Gasteiger partial charge in [-0.25, -0.2) is 9.37 Å². The minimum Gasteiger partial charge on any atom is -0.503 e. The Labute approximate surface area is 196 Å². The Kier molecular flexibility index (Phi) is 4.99. The van der Waals surface area contributed by atoms with Crippen molar-refractivity contribution in [2.45, 2.75) is 13.8 Å². The molecule has 166 valence electrons. The summed E-state index contributed by atoms with van der Waals surface area (Å²) < 4.78 is 22.3. The molecule has 6 nitrogen and oxygen atoms in total. The van der Waals surface area contributed by atoms with Crippen molar-refractivity contribution in [2.24, 2.45) is 0 Å². The molecule has 5 rings (SSSR count). The first-order valence-electron chi connectivity index (χ1n) is 9.86. The fraction of sp³-hybridized carbons (Fsp3) is 0.0833. The maximum absolute atomic E-state index is 15.0. The maximum atomic E-state index is 15.0. The summed E-state index contributed by atoms with van der Waals surface area (Å²) in [5.41, 5.74) is 0.415. The van der Waals surface area contributed by atoms with Crippen molar-refractivity contribution in [1.29, 1.82) is 0 Å². The van der Waals surface area contributed by atoms with Crippen molar-refractivity contribution in [3.8, 4) is 28.0 Å². The van der Waals surface area contributed by atoms with Crippen molar-refractivity contribution in [3.63, 3.8) is 0 Å². The van der Waals surface area contributed by atoms with Gasteiger partial charge in [0.25, 0.3) is 0 Å². The van der Waals surface area contributed by atoms with Gasteiger partial charge in [-0.3, -0.25) is 9.36 Å². The smallest absolute Gasteiger partial charge is 0.242 e. The second-order valence-electron chi connectivity index (χ2n) is 7.45. The zero-order valence-electron chi connectivity index (χ0n) is 17.4. The van der Waals surface area contributed by atoms with E-state index in [9.17, 15) is 19.4 Å². The first-order chi connectivity index (χ1) is 15.8. The van der Waals surface area contributed by atoms with Gasteiger partial charge in [0, 0.05) is 5.56 Å². The number of carbonyl (C=O) groups excluding carboxylic acids is 1. The zero-order valence-corrected chi connectivity index (χ0v) is 19.0. The van der Waals surface area contributed by atoms with Crippen molar-refractivity contribution in [3.05, 3.63) is 82.0 Å². The highest BCUT2D eigenvalue weighted by atomic mass is 35.5. The summed E-state index contributed by atoms with van der Waals surface area (Å²) in [7, 11) is 0. The number of furan rings is 1. The average molecular weight is 483 g/mol. The lowest BCUT2D eigenvalue weighted by molar-refractivity contribution is 0.103. The number of hydrogen-bond donors (Lipinski definition) is 2. The van der Waals surface area contributed by atoms with Crippen molar-refractivity contribution < 1.29 is 23.8 Å². The topological polar surface area (TPSA) is 88.5 Å². The van der Waals surface area contributed by atoms with Crippen molar-refractivity contribution in [1.82, 2.24) is 9.55 Å². The normalized spacial score (nSPS) is 11.4.